The maximum Gasteiger partial charge on any atom is 0.193 e. The molecule has 0 aromatic carbocycles. The van der Waals surface area contributed by atoms with Crippen LogP contribution in [0.2, 0.25) is 18.1 Å². The first-order chi connectivity index (χ1) is 7.78. The average Bonchev–Trinajstić information content (AvgIpc) is 2.25. The Kier molecular flexibility index (Phi) is 4.28. The van der Waals surface area contributed by atoms with Gasteiger partial charge in [0.05, 0.1) is 6.10 Å². The lowest BCUT2D eigenvalue weighted by Gasteiger charge is -2.38. The van der Waals surface area contributed by atoms with E-state index >= 15 is 0 Å². The molecule has 0 saturated carbocycles. The highest BCUT2D eigenvalue weighted by molar-refractivity contribution is 6.74. The van der Waals surface area contributed by atoms with Gasteiger partial charge in [-0.2, -0.15) is 0 Å². The predicted molar refractivity (Wildman–Crippen MR) is 75.5 cm³/mol. The molecular formula is C14H23NOSi. The van der Waals surface area contributed by atoms with E-state index in [1.54, 1.807) is 6.20 Å². The molecule has 0 saturated heterocycles. The molecule has 0 N–H and O–H groups in total. The number of hydrogen-bond donors (Lipinski definition) is 0. The van der Waals surface area contributed by atoms with Crippen LogP contribution < -0.4 is 0 Å². The molecule has 0 bridgehead atoms. The van der Waals surface area contributed by atoms with Gasteiger partial charge >= 0.3 is 0 Å². The van der Waals surface area contributed by atoms with Crippen LogP contribution in [0, 0.1) is 0 Å². The molecule has 1 rings (SSSR count). The molecule has 2 nitrogen and oxygen atoms in total. The molecule has 0 amide bonds. The quantitative estimate of drug-likeness (QED) is 0.585. The highest BCUT2D eigenvalue weighted by Gasteiger charge is 2.38. The van der Waals surface area contributed by atoms with E-state index < -0.39 is 8.32 Å². The molecule has 94 valence electrons. The number of rotatable bonds is 4. The molecule has 0 radical (unpaired) electrons. The standard InChI is InChI=1S/C14H23NOSi/c1-7-13(12-9-8-10-15-11-12)16-17(5,6)14(2,3)4/h7-11,13H,1H2,2-6H3/t13-/m1/s1. The van der Waals surface area contributed by atoms with Crippen molar-refractivity contribution in [2.24, 2.45) is 0 Å². The molecule has 1 aromatic heterocycles. The fraction of sp³-hybridized carbons (Fsp3) is 0.500. The SMILES string of the molecule is C=C[C@@H](O[Si](C)(C)C(C)(C)C)c1cccnc1. The Labute approximate surface area is 106 Å². The monoisotopic (exact) mass is 249 g/mol. The predicted octanol–water partition coefficient (Wildman–Crippen LogP) is 4.33. The Balaban J connectivity index is 2.89. The largest absolute Gasteiger partial charge is 0.406 e. The molecule has 0 fully saturated rings. The Hall–Kier alpha value is -0.933. The van der Waals surface area contributed by atoms with Gasteiger partial charge in [0.25, 0.3) is 0 Å². The van der Waals surface area contributed by atoms with Gasteiger partial charge in [0.2, 0.25) is 0 Å². The second-order valence-electron chi connectivity index (χ2n) is 5.82. The van der Waals surface area contributed by atoms with Gasteiger partial charge in [-0.1, -0.05) is 32.9 Å². The van der Waals surface area contributed by atoms with Crippen LogP contribution in [0.3, 0.4) is 0 Å². The summed E-state index contributed by atoms with van der Waals surface area (Å²) in [4.78, 5) is 4.13. The Morgan fingerprint density at radius 2 is 2.06 bits per heavy atom. The molecule has 0 aliphatic rings. The molecule has 0 aliphatic heterocycles. The lowest BCUT2D eigenvalue weighted by Crippen LogP contribution is -2.41. The first kappa shape index (κ1) is 14.1. The zero-order valence-electron chi connectivity index (χ0n) is 11.5. The third-order valence-electron chi connectivity index (χ3n) is 3.45. The van der Waals surface area contributed by atoms with E-state index in [-0.39, 0.29) is 11.1 Å². The second-order valence-corrected chi connectivity index (χ2v) is 10.6. The molecule has 17 heavy (non-hydrogen) atoms. The van der Waals surface area contributed by atoms with Crippen LogP contribution in [0.1, 0.15) is 32.4 Å². The Morgan fingerprint density at radius 1 is 1.41 bits per heavy atom. The van der Waals surface area contributed by atoms with E-state index in [2.05, 4.69) is 45.4 Å². The average molecular weight is 249 g/mol. The van der Waals surface area contributed by atoms with Crippen LogP contribution in [0.25, 0.3) is 0 Å². The normalized spacial score (nSPS) is 14.4. The summed E-state index contributed by atoms with van der Waals surface area (Å²) < 4.78 is 6.32. The lowest BCUT2D eigenvalue weighted by molar-refractivity contribution is 0.229. The van der Waals surface area contributed by atoms with Gasteiger partial charge in [-0.25, -0.2) is 0 Å². The zero-order chi connectivity index (χ0) is 13.1. The van der Waals surface area contributed by atoms with E-state index in [1.807, 2.05) is 24.4 Å². The van der Waals surface area contributed by atoms with Crippen molar-refractivity contribution in [1.29, 1.82) is 0 Å². The van der Waals surface area contributed by atoms with Crippen LogP contribution >= 0.6 is 0 Å². The number of pyridine rings is 1. The number of nitrogens with zero attached hydrogens (tertiary/aromatic N) is 1. The molecule has 0 aliphatic carbocycles. The minimum atomic E-state index is -1.77. The third-order valence-corrected chi connectivity index (χ3v) is 7.91. The van der Waals surface area contributed by atoms with Crippen molar-refractivity contribution in [3.05, 3.63) is 42.7 Å². The first-order valence-electron chi connectivity index (χ1n) is 5.98. The third kappa shape index (κ3) is 3.51. The van der Waals surface area contributed by atoms with Gasteiger partial charge < -0.3 is 4.43 Å². The molecule has 0 spiro atoms. The minimum absolute atomic E-state index is 0.0513. The maximum atomic E-state index is 6.32. The van der Waals surface area contributed by atoms with E-state index in [4.69, 9.17) is 4.43 Å². The Bertz CT molecular complexity index is 368. The molecule has 3 heteroatoms. The highest BCUT2D eigenvalue weighted by atomic mass is 28.4. The molecular weight excluding hydrogens is 226 g/mol. The van der Waals surface area contributed by atoms with Crippen LogP contribution in [-0.4, -0.2) is 13.3 Å². The van der Waals surface area contributed by atoms with E-state index in [0.717, 1.165) is 5.56 Å². The highest BCUT2D eigenvalue weighted by Crippen LogP contribution is 2.39. The van der Waals surface area contributed by atoms with Gasteiger partial charge in [0.1, 0.15) is 0 Å². The summed E-state index contributed by atoms with van der Waals surface area (Å²) in [5.74, 6) is 0. The van der Waals surface area contributed by atoms with Crippen LogP contribution in [-0.2, 0) is 4.43 Å². The van der Waals surface area contributed by atoms with E-state index in [0.29, 0.717) is 0 Å². The Morgan fingerprint density at radius 3 is 2.47 bits per heavy atom. The van der Waals surface area contributed by atoms with Crippen molar-refractivity contribution >= 4 is 8.32 Å². The second kappa shape index (κ2) is 5.15. The summed E-state index contributed by atoms with van der Waals surface area (Å²) in [6, 6.07) is 3.97. The summed E-state index contributed by atoms with van der Waals surface area (Å²) in [7, 11) is -1.77. The fourth-order valence-electron chi connectivity index (χ4n) is 1.29. The number of hydrogen-bond acceptors (Lipinski definition) is 2. The van der Waals surface area contributed by atoms with Gasteiger partial charge in [-0.15, -0.1) is 6.58 Å². The van der Waals surface area contributed by atoms with E-state index in [9.17, 15) is 0 Å². The topological polar surface area (TPSA) is 22.1 Å². The van der Waals surface area contributed by atoms with Gasteiger partial charge in [0, 0.05) is 18.0 Å². The van der Waals surface area contributed by atoms with Crippen molar-refractivity contribution in [2.75, 3.05) is 0 Å². The molecule has 1 aromatic rings. The molecule has 1 atom stereocenters. The maximum absolute atomic E-state index is 6.32. The summed E-state index contributed by atoms with van der Waals surface area (Å²) in [5, 5.41) is 0.205. The summed E-state index contributed by atoms with van der Waals surface area (Å²) >= 11 is 0. The van der Waals surface area contributed by atoms with Gasteiger partial charge in [-0.3, -0.25) is 4.98 Å². The van der Waals surface area contributed by atoms with Gasteiger partial charge in [-0.05, 0) is 24.2 Å². The van der Waals surface area contributed by atoms with Crippen LogP contribution in [0.15, 0.2) is 37.2 Å². The fourth-order valence-corrected chi connectivity index (χ4v) is 2.51. The van der Waals surface area contributed by atoms with Crippen molar-refractivity contribution in [2.45, 2.75) is 45.0 Å². The van der Waals surface area contributed by atoms with Crippen molar-refractivity contribution in [3.8, 4) is 0 Å². The number of aromatic nitrogens is 1. The smallest absolute Gasteiger partial charge is 0.193 e. The van der Waals surface area contributed by atoms with Crippen molar-refractivity contribution in [3.63, 3.8) is 0 Å². The molecule has 0 unspecified atom stereocenters. The minimum Gasteiger partial charge on any atom is -0.406 e. The lowest BCUT2D eigenvalue weighted by atomic mass is 10.2. The van der Waals surface area contributed by atoms with Crippen molar-refractivity contribution < 1.29 is 4.43 Å². The van der Waals surface area contributed by atoms with Gasteiger partial charge in [0.15, 0.2) is 8.32 Å². The summed E-state index contributed by atoms with van der Waals surface area (Å²) in [5.41, 5.74) is 1.08. The summed E-state index contributed by atoms with van der Waals surface area (Å²) in [6.45, 7) is 15.1. The zero-order valence-corrected chi connectivity index (χ0v) is 12.5. The first-order valence-corrected chi connectivity index (χ1v) is 8.89. The van der Waals surface area contributed by atoms with Crippen LogP contribution in [0.5, 0.6) is 0 Å². The van der Waals surface area contributed by atoms with E-state index in [1.165, 1.54) is 0 Å². The molecule has 1 heterocycles. The van der Waals surface area contributed by atoms with Crippen LogP contribution in [0.4, 0.5) is 0 Å². The summed E-state index contributed by atoms with van der Waals surface area (Å²) in [6.07, 6.45) is 5.43. The van der Waals surface area contributed by atoms with Crippen molar-refractivity contribution in [1.82, 2.24) is 4.98 Å².